The van der Waals surface area contributed by atoms with Crippen molar-refractivity contribution in [2.24, 2.45) is 5.92 Å². The number of ether oxygens (including phenoxy) is 2. The van der Waals surface area contributed by atoms with E-state index in [1.54, 1.807) is 27.7 Å². The molecule has 0 bridgehead atoms. The van der Waals surface area contributed by atoms with Gasteiger partial charge in [-0.3, -0.25) is 9.59 Å². The van der Waals surface area contributed by atoms with Crippen LogP contribution in [0.5, 0.6) is 0 Å². The summed E-state index contributed by atoms with van der Waals surface area (Å²) < 4.78 is 9.83. The average molecular weight is 200 g/mol. The molecule has 4 heteroatoms. The standard InChI is InChI=1S/C10H16O4/c1-6-7(9(12)13-6)5-8(11)14-10(2,3)4/h6-7H,5H2,1-4H3/t6-,7+/m0/s1. The van der Waals surface area contributed by atoms with Gasteiger partial charge in [-0.15, -0.1) is 0 Å². The van der Waals surface area contributed by atoms with Crippen LogP contribution >= 0.6 is 0 Å². The first-order valence-corrected chi connectivity index (χ1v) is 4.72. The van der Waals surface area contributed by atoms with E-state index in [2.05, 4.69) is 0 Å². The molecule has 1 rings (SSSR count). The summed E-state index contributed by atoms with van der Waals surface area (Å²) in [6, 6.07) is 0. The second-order valence-corrected chi connectivity index (χ2v) is 4.54. The lowest BCUT2D eigenvalue weighted by Crippen LogP contribution is -2.44. The van der Waals surface area contributed by atoms with E-state index < -0.39 is 5.60 Å². The minimum Gasteiger partial charge on any atom is -0.461 e. The summed E-state index contributed by atoms with van der Waals surface area (Å²) in [5, 5.41) is 0. The second kappa shape index (κ2) is 3.59. The Morgan fingerprint density at radius 2 is 2.07 bits per heavy atom. The fourth-order valence-electron chi connectivity index (χ4n) is 1.28. The Kier molecular flexibility index (Phi) is 2.83. The molecule has 1 aliphatic heterocycles. The molecule has 0 spiro atoms. The van der Waals surface area contributed by atoms with E-state index in [1.807, 2.05) is 0 Å². The van der Waals surface area contributed by atoms with Gasteiger partial charge in [-0.05, 0) is 27.7 Å². The van der Waals surface area contributed by atoms with Crippen molar-refractivity contribution in [1.82, 2.24) is 0 Å². The van der Waals surface area contributed by atoms with Gasteiger partial charge in [0.2, 0.25) is 0 Å². The fourth-order valence-corrected chi connectivity index (χ4v) is 1.28. The number of hydrogen-bond acceptors (Lipinski definition) is 4. The largest absolute Gasteiger partial charge is 0.461 e. The van der Waals surface area contributed by atoms with Crippen molar-refractivity contribution >= 4 is 11.9 Å². The molecule has 4 nitrogen and oxygen atoms in total. The number of carbonyl (C=O) groups is 2. The van der Waals surface area contributed by atoms with Crippen molar-refractivity contribution in [3.8, 4) is 0 Å². The summed E-state index contributed by atoms with van der Waals surface area (Å²) in [7, 11) is 0. The van der Waals surface area contributed by atoms with Crippen molar-refractivity contribution in [1.29, 1.82) is 0 Å². The zero-order chi connectivity index (χ0) is 10.9. The zero-order valence-corrected chi connectivity index (χ0v) is 8.99. The minimum atomic E-state index is -0.492. The van der Waals surface area contributed by atoms with Crippen LogP contribution < -0.4 is 0 Å². The third-order valence-corrected chi connectivity index (χ3v) is 1.98. The molecule has 1 aliphatic rings. The Bertz CT molecular complexity index is 251. The number of rotatable bonds is 2. The van der Waals surface area contributed by atoms with E-state index >= 15 is 0 Å². The molecule has 1 saturated heterocycles. The van der Waals surface area contributed by atoms with Crippen molar-refractivity contribution in [2.45, 2.75) is 45.8 Å². The number of carbonyl (C=O) groups excluding carboxylic acids is 2. The number of hydrogen-bond donors (Lipinski definition) is 0. The van der Waals surface area contributed by atoms with Gasteiger partial charge < -0.3 is 9.47 Å². The first-order chi connectivity index (χ1) is 6.29. The molecular weight excluding hydrogens is 184 g/mol. The lowest BCUT2D eigenvalue weighted by molar-refractivity contribution is -0.187. The highest BCUT2D eigenvalue weighted by molar-refractivity contribution is 5.84. The highest BCUT2D eigenvalue weighted by Crippen LogP contribution is 2.26. The van der Waals surface area contributed by atoms with Crippen molar-refractivity contribution in [3.05, 3.63) is 0 Å². The molecule has 80 valence electrons. The SMILES string of the molecule is C[C@@H]1OC(=O)[C@@H]1CC(=O)OC(C)(C)C. The second-order valence-electron chi connectivity index (χ2n) is 4.54. The van der Waals surface area contributed by atoms with Crippen LogP contribution in [0.25, 0.3) is 0 Å². The molecule has 1 heterocycles. The summed E-state index contributed by atoms with van der Waals surface area (Å²) in [5.74, 6) is -0.959. The van der Waals surface area contributed by atoms with Crippen LogP contribution in [0.2, 0.25) is 0 Å². The van der Waals surface area contributed by atoms with Gasteiger partial charge in [0.1, 0.15) is 17.6 Å². The average Bonchev–Trinajstić information content (AvgIpc) is 1.98. The van der Waals surface area contributed by atoms with E-state index in [4.69, 9.17) is 9.47 Å². The Morgan fingerprint density at radius 3 is 2.43 bits per heavy atom. The Hall–Kier alpha value is -1.06. The summed E-state index contributed by atoms with van der Waals surface area (Å²) in [5.41, 5.74) is -0.492. The number of esters is 2. The van der Waals surface area contributed by atoms with Gasteiger partial charge >= 0.3 is 11.9 Å². The smallest absolute Gasteiger partial charge is 0.313 e. The molecule has 0 aromatic carbocycles. The maximum atomic E-state index is 11.3. The normalized spacial score (nSPS) is 26.4. The fraction of sp³-hybridized carbons (Fsp3) is 0.800. The van der Waals surface area contributed by atoms with E-state index in [0.29, 0.717) is 0 Å². The van der Waals surface area contributed by atoms with Crippen molar-refractivity contribution in [2.75, 3.05) is 0 Å². The van der Waals surface area contributed by atoms with Crippen LogP contribution in [-0.4, -0.2) is 23.6 Å². The van der Waals surface area contributed by atoms with Gasteiger partial charge in [-0.2, -0.15) is 0 Å². The van der Waals surface area contributed by atoms with Crippen LogP contribution in [0, 0.1) is 5.92 Å². The monoisotopic (exact) mass is 200 g/mol. The molecule has 1 fully saturated rings. The van der Waals surface area contributed by atoms with Gasteiger partial charge in [0, 0.05) is 0 Å². The number of cyclic esters (lactones) is 1. The summed E-state index contributed by atoms with van der Waals surface area (Å²) >= 11 is 0. The van der Waals surface area contributed by atoms with E-state index in [0.717, 1.165) is 0 Å². The van der Waals surface area contributed by atoms with Gasteiger partial charge in [-0.25, -0.2) is 0 Å². The van der Waals surface area contributed by atoms with Gasteiger partial charge in [-0.1, -0.05) is 0 Å². The highest BCUT2D eigenvalue weighted by atomic mass is 16.6. The summed E-state index contributed by atoms with van der Waals surface area (Å²) in [6.07, 6.45) is -0.0351. The maximum Gasteiger partial charge on any atom is 0.313 e. The van der Waals surface area contributed by atoms with E-state index in [9.17, 15) is 9.59 Å². The predicted molar refractivity (Wildman–Crippen MR) is 49.5 cm³/mol. The topological polar surface area (TPSA) is 52.6 Å². The van der Waals surface area contributed by atoms with Gasteiger partial charge in [0.25, 0.3) is 0 Å². The molecule has 0 aliphatic carbocycles. The van der Waals surface area contributed by atoms with Crippen LogP contribution in [0.1, 0.15) is 34.1 Å². The maximum absolute atomic E-state index is 11.3. The molecular formula is C10H16O4. The first-order valence-electron chi connectivity index (χ1n) is 4.72. The van der Waals surface area contributed by atoms with Crippen LogP contribution in [0.15, 0.2) is 0 Å². The van der Waals surface area contributed by atoms with Crippen molar-refractivity contribution < 1.29 is 19.1 Å². The molecule has 2 atom stereocenters. The zero-order valence-electron chi connectivity index (χ0n) is 8.99. The Labute approximate surface area is 83.6 Å². The molecule has 14 heavy (non-hydrogen) atoms. The highest BCUT2D eigenvalue weighted by Gasteiger charge is 2.41. The molecule has 0 aromatic heterocycles. The molecule has 0 aromatic rings. The molecule has 0 amide bonds. The Balaban J connectivity index is 2.38. The molecule has 0 saturated carbocycles. The molecule has 0 N–H and O–H groups in total. The summed E-state index contributed by atoms with van der Waals surface area (Å²) in [4.78, 5) is 22.2. The van der Waals surface area contributed by atoms with Crippen LogP contribution in [-0.2, 0) is 19.1 Å². The van der Waals surface area contributed by atoms with Crippen LogP contribution in [0.4, 0.5) is 0 Å². The third-order valence-electron chi connectivity index (χ3n) is 1.98. The third kappa shape index (κ3) is 2.72. The first kappa shape index (κ1) is 11.0. The van der Waals surface area contributed by atoms with Crippen LogP contribution in [0.3, 0.4) is 0 Å². The Morgan fingerprint density at radius 1 is 1.50 bits per heavy atom. The lowest BCUT2D eigenvalue weighted by Gasteiger charge is -2.32. The summed E-state index contributed by atoms with van der Waals surface area (Å²) in [6.45, 7) is 7.17. The predicted octanol–water partition coefficient (Wildman–Crippen LogP) is 1.28. The molecule has 0 radical (unpaired) electrons. The lowest BCUT2D eigenvalue weighted by atomic mass is 9.95. The van der Waals surface area contributed by atoms with E-state index in [-0.39, 0.29) is 30.4 Å². The van der Waals surface area contributed by atoms with Gasteiger partial charge in [0.05, 0.1) is 6.42 Å². The van der Waals surface area contributed by atoms with Crippen molar-refractivity contribution in [3.63, 3.8) is 0 Å². The van der Waals surface area contributed by atoms with Gasteiger partial charge in [0.15, 0.2) is 0 Å². The van der Waals surface area contributed by atoms with E-state index in [1.165, 1.54) is 0 Å². The minimum absolute atomic E-state index is 0.122. The quantitative estimate of drug-likeness (QED) is 0.630. The molecule has 0 unspecified atom stereocenters.